The number of nitrogens with one attached hydrogen (secondary N) is 4. The van der Waals surface area contributed by atoms with Crippen molar-refractivity contribution in [1.82, 2.24) is 19.9 Å². The highest BCUT2D eigenvalue weighted by molar-refractivity contribution is 6.22. The van der Waals surface area contributed by atoms with Gasteiger partial charge in [0.2, 0.25) is 0 Å². The summed E-state index contributed by atoms with van der Waals surface area (Å²) in [7, 11) is 7.03. The standard InChI is InChI=1S/C88H60N4O4/c1-93-53-37-29-49(30-38-53)69-81-73-57-21-5-13-45-15-7-23-59(65(45)57)75(73)83(89-81)70(50-31-39-54(94-2)40-32-50)85-77-61-25-9-17-47-19-11-27-63(67(47)61)79(77)87(91-85)72(52-35-43-56(96-4)44-36-52)88-80-64-28-12-20-48-18-10-26-62(68(48)64)78(80)86(92-88)71(51-33-41-55(95-3)42-34-51)84-76-60-24-8-16-46-14-6-22-58(66(46)60)74(76)82(69)90-84/h5-44,69-72,89-92H,1-4H3. The van der Waals surface area contributed by atoms with Crippen molar-refractivity contribution in [3.63, 3.8) is 0 Å². The minimum Gasteiger partial charge on any atom is -0.497 e. The molecule has 16 aromatic rings. The number of aromatic amines is 4. The summed E-state index contributed by atoms with van der Waals surface area (Å²) in [4.78, 5) is 18.3. The second-order valence-corrected chi connectivity index (χ2v) is 26.5. The van der Waals surface area contributed by atoms with E-state index in [1.54, 1.807) is 28.4 Å². The average Bonchev–Trinajstić information content (AvgIpc) is 1.52. The van der Waals surface area contributed by atoms with E-state index in [1.807, 2.05) is 0 Å². The molecule has 5 aliphatic carbocycles. The van der Waals surface area contributed by atoms with Crippen LogP contribution >= 0.6 is 0 Å². The summed E-state index contributed by atoms with van der Waals surface area (Å²) in [5.41, 5.74) is 32.6. The first-order chi connectivity index (χ1) is 47.5. The zero-order chi connectivity index (χ0) is 63.3. The second-order valence-electron chi connectivity index (χ2n) is 26.5. The van der Waals surface area contributed by atoms with Gasteiger partial charge in [0, 0.05) is 90.1 Å². The number of aromatic nitrogens is 4. The van der Waals surface area contributed by atoms with E-state index < -0.39 is 23.7 Å². The van der Waals surface area contributed by atoms with Gasteiger partial charge in [-0.1, -0.05) is 194 Å². The van der Waals surface area contributed by atoms with Gasteiger partial charge in [0.25, 0.3) is 0 Å². The van der Waals surface area contributed by atoms with Crippen LogP contribution in [0.4, 0.5) is 0 Å². The maximum absolute atomic E-state index is 6.03. The van der Waals surface area contributed by atoms with Gasteiger partial charge < -0.3 is 38.9 Å². The van der Waals surface area contributed by atoms with Gasteiger partial charge in [-0.3, -0.25) is 0 Å². The van der Waals surface area contributed by atoms with Crippen molar-refractivity contribution in [1.29, 1.82) is 0 Å². The third kappa shape index (κ3) is 7.06. The van der Waals surface area contributed by atoms with E-state index in [0.717, 1.165) is 90.8 Å². The second kappa shape index (κ2) is 19.8. The number of rotatable bonds is 8. The molecule has 0 saturated carbocycles. The fourth-order valence-corrected chi connectivity index (χ4v) is 18.3. The largest absolute Gasteiger partial charge is 0.497 e. The molecule has 0 radical (unpaired) electrons. The van der Waals surface area contributed by atoms with Crippen LogP contribution in [0.25, 0.3) is 132 Å². The van der Waals surface area contributed by atoms with Crippen molar-refractivity contribution < 1.29 is 18.9 Å². The van der Waals surface area contributed by atoms with Crippen LogP contribution in [-0.2, 0) is 0 Å². The highest BCUT2D eigenvalue weighted by Crippen LogP contribution is 2.65. The van der Waals surface area contributed by atoms with Crippen molar-refractivity contribution in [2.75, 3.05) is 28.4 Å². The molecule has 0 saturated heterocycles. The highest BCUT2D eigenvalue weighted by atomic mass is 16.5. The normalized spacial score (nSPS) is 16.1. The lowest BCUT2D eigenvalue weighted by atomic mass is 9.83. The van der Waals surface area contributed by atoms with E-state index >= 15 is 0 Å². The van der Waals surface area contributed by atoms with Crippen LogP contribution in [-0.4, -0.2) is 48.4 Å². The van der Waals surface area contributed by atoms with Crippen LogP contribution in [0.5, 0.6) is 23.0 Å². The van der Waals surface area contributed by atoms with Crippen molar-refractivity contribution in [3.8, 4) is 112 Å². The van der Waals surface area contributed by atoms with Gasteiger partial charge >= 0.3 is 0 Å². The van der Waals surface area contributed by atoms with Crippen LogP contribution in [0.2, 0.25) is 0 Å². The Morgan fingerprint density at radius 1 is 0.198 bits per heavy atom. The van der Waals surface area contributed by atoms with Gasteiger partial charge in [-0.2, -0.15) is 0 Å². The summed E-state index contributed by atoms with van der Waals surface area (Å²) in [5, 5.41) is 9.85. The first-order valence-electron chi connectivity index (χ1n) is 33.2. The summed E-state index contributed by atoms with van der Waals surface area (Å²) in [6.45, 7) is 0. The molecule has 4 aromatic heterocycles. The van der Waals surface area contributed by atoms with E-state index in [1.165, 1.54) is 132 Å². The fraction of sp³-hybridized carbons (Fsp3) is 0.0909. The van der Waals surface area contributed by atoms with E-state index in [9.17, 15) is 0 Å². The molecule has 456 valence electrons. The van der Waals surface area contributed by atoms with Crippen LogP contribution < -0.4 is 18.9 Å². The van der Waals surface area contributed by atoms with Crippen LogP contribution in [0.3, 0.4) is 0 Å². The first-order valence-corrected chi connectivity index (χ1v) is 33.2. The number of ether oxygens (including phenoxy) is 4. The molecular formula is C88H60N4O4. The number of hydrogen-bond acceptors (Lipinski definition) is 4. The van der Waals surface area contributed by atoms with Crippen molar-refractivity contribution in [2.45, 2.75) is 23.7 Å². The Balaban J connectivity index is 0.999. The summed E-state index contributed by atoms with van der Waals surface area (Å²) >= 11 is 0. The molecule has 96 heavy (non-hydrogen) atoms. The maximum Gasteiger partial charge on any atom is 0.118 e. The Bertz CT molecular complexity index is 5030. The molecule has 0 spiro atoms. The van der Waals surface area contributed by atoms with Gasteiger partial charge in [0.15, 0.2) is 0 Å². The molecule has 0 fully saturated rings. The number of hydrogen-bond donors (Lipinski definition) is 4. The molecule has 0 unspecified atom stereocenters. The lowest BCUT2D eigenvalue weighted by Crippen LogP contribution is -2.12. The molecule has 4 N–H and O–H groups in total. The molecule has 8 nitrogen and oxygen atoms in total. The number of H-pyrrole nitrogens is 4. The van der Waals surface area contributed by atoms with E-state index in [0.29, 0.717) is 0 Å². The third-order valence-electron chi connectivity index (χ3n) is 22.1. The van der Waals surface area contributed by atoms with Gasteiger partial charge in [0.1, 0.15) is 23.0 Å². The van der Waals surface area contributed by atoms with Crippen molar-refractivity contribution >= 4 is 43.1 Å². The highest BCUT2D eigenvalue weighted by Gasteiger charge is 2.46. The molecule has 12 aromatic carbocycles. The molecule has 21 rings (SSSR count). The SMILES string of the molecule is COc1ccc(C2c3[nH]c(c4c3-c3cccc5cccc-4c35)C(c3ccc(OC)cc3)c3[nH]c(c4c3-c3cccc5cccc-4c35)C(c3ccc(OC)cc3)c3[nH]c(c4c3-c3cccc5cccc-4c35)C(c3ccc(OC)cc3)c3[nH]c2c2c3-c3cccc4cccc-2c34)cc1. The van der Waals surface area contributed by atoms with Gasteiger partial charge in [0.05, 0.1) is 52.1 Å². The molecule has 4 heterocycles. The molecule has 8 heteroatoms. The lowest BCUT2D eigenvalue weighted by Gasteiger charge is -2.24. The zero-order valence-corrected chi connectivity index (χ0v) is 53.0. The van der Waals surface area contributed by atoms with E-state index in [-0.39, 0.29) is 0 Å². The monoisotopic (exact) mass is 1240 g/mol. The Morgan fingerprint density at radius 2 is 0.354 bits per heavy atom. The smallest absolute Gasteiger partial charge is 0.118 e. The zero-order valence-electron chi connectivity index (χ0n) is 53.0. The minimum atomic E-state index is -0.402. The molecule has 5 aliphatic rings. The van der Waals surface area contributed by atoms with Crippen molar-refractivity contribution in [3.05, 3.63) is 310 Å². The summed E-state index contributed by atoms with van der Waals surface area (Å²) < 4.78 is 24.1. The van der Waals surface area contributed by atoms with Crippen LogP contribution in [0.1, 0.15) is 91.5 Å². The Kier molecular flexibility index (Phi) is 11.0. The molecular weight excluding hydrogens is 1180 g/mol. The lowest BCUT2D eigenvalue weighted by molar-refractivity contribution is 0.414. The predicted octanol–water partition coefficient (Wildman–Crippen LogP) is 21.3. The summed E-state index contributed by atoms with van der Waals surface area (Å²) in [5.74, 6) is 1.57. The Hall–Kier alpha value is -12.0. The van der Waals surface area contributed by atoms with Gasteiger partial charge in [-0.15, -0.1) is 0 Å². The first kappa shape index (κ1) is 53.5. The van der Waals surface area contributed by atoms with Crippen LogP contribution in [0.15, 0.2) is 243 Å². The molecule has 0 amide bonds. The Labute approximate surface area is 553 Å². The number of methoxy groups -OCH3 is 4. The van der Waals surface area contributed by atoms with E-state index in [2.05, 4.69) is 263 Å². The fourth-order valence-electron chi connectivity index (χ4n) is 18.3. The van der Waals surface area contributed by atoms with Gasteiger partial charge in [-0.25, -0.2) is 0 Å². The molecule has 0 atom stereocenters. The van der Waals surface area contributed by atoms with Gasteiger partial charge in [-0.05, 0) is 158 Å². The summed E-state index contributed by atoms with van der Waals surface area (Å²) in [6, 6.07) is 90.5. The van der Waals surface area contributed by atoms with Crippen LogP contribution in [0, 0.1) is 0 Å². The third-order valence-corrected chi connectivity index (χ3v) is 22.1. The molecule has 8 bridgehead atoms. The topological polar surface area (TPSA) is 100 Å². The quantitative estimate of drug-likeness (QED) is 0.122. The Morgan fingerprint density at radius 3 is 0.500 bits per heavy atom. The predicted molar refractivity (Wildman–Crippen MR) is 387 cm³/mol. The van der Waals surface area contributed by atoms with E-state index in [4.69, 9.17) is 18.9 Å². The van der Waals surface area contributed by atoms with Crippen molar-refractivity contribution in [2.24, 2.45) is 0 Å². The maximum atomic E-state index is 6.03. The summed E-state index contributed by atoms with van der Waals surface area (Å²) in [6.07, 6.45) is 0. The number of benzene rings is 12. The minimum absolute atomic E-state index is 0.402. The average molecular weight is 1240 g/mol. The molecule has 0 aliphatic heterocycles.